The van der Waals surface area contributed by atoms with Gasteiger partial charge < -0.3 is 15.1 Å². The highest BCUT2D eigenvalue weighted by Gasteiger charge is 2.34. The van der Waals surface area contributed by atoms with E-state index in [4.69, 9.17) is 0 Å². The van der Waals surface area contributed by atoms with Gasteiger partial charge in [0.05, 0.1) is 29.8 Å². The zero-order valence-corrected chi connectivity index (χ0v) is 18.2. The van der Waals surface area contributed by atoms with E-state index in [0.717, 1.165) is 24.1 Å². The van der Waals surface area contributed by atoms with Crippen LogP contribution >= 0.6 is 0 Å². The Bertz CT molecular complexity index is 1060. The molecular formula is C23H26N6O3. The third-order valence-corrected chi connectivity index (χ3v) is 5.71. The summed E-state index contributed by atoms with van der Waals surface area (Å²) in [5.74, 6) is -0.0156. The maximum Gasteiger partial charge on any atom is 0.251 e. The monoisotopic (exact) mass is 434 g/mol. The first-order valence-electron chi connectivity index (χ1n) is 10.7. The number of carbonyl (C=O) groups is 3. The first-order valence-corrected chi connectivity index (χ1v) is 10.7. The van der Waals surface area contributed by atoms with Gasteiger partial charge in [0.25, 0.3) is 5.91 Å². The van der Waals surface area contributed by atoms with E-state index < -0.39 is 0 Å². The first kappa shape index (κ1) is 21.6. The fraction of sp³-hybridized carbons (Fsp3) is 0.391. The van der Waals surface area contributed by atoms with E-state index in [1.165, 1.54) is 0 Å². The molecule has 2 aromatic heterocycles. The first-order chi connectivity index (χ1) is 15.5. The van der Waals surface area contributed by atoms with Crippen molar-refractivity contribution in [2.24, 2.45) is 0 Å². The summed E-state index contributed by atoms with van der Waals surface area (Å²) in [4.78, 5) is 53.4. The summed E-state index contributed by atoms with van der Waals surface area (Å²) < 4.78 is 0. The normalized spacial score (nSPS) is 16.0. The molecule has 1 N–H and O–H groups in total. The molecule has 9 heteroatoms. The van der Waals surface area contributed by atoms with Gasteiger partial charge in [0, 0.05) is 43.2 Å². The lowest BCUT2D eigenvalue weighted by Crippen LogP contribution is -2.40. The number of aryl methyl sites for hydroxylation is 1. The van der Waals surface area contributed by atoms with Crippen LogP contribution in [0.2, 0.25) is 0 Å². The fourth-order valence-corrected chi connectivity index (χ4v) is 3.83. The number of likely N-dealkylation sites (N-methyl/N-ethyl adjacent to an activating group) is 1. The molecule has 1 saturated carbocycles. The number of amides is 2. The summed E-state index contributed by atoms with van der Waals surface area (Å²) in [6, 6.07) is 3.78. The average molecular weight is 435 g/mol. The highest BCUT2D eigenvalue weighted by atomic mass is 16.2. The molecule has 1 aliphatic carbocycles. The standard InChI is InChI=1S/C23H26N6O3/c1-15-10-24-12-19(26-15)16-5-8-21(25-11-16)27-22(31)13-29-9-3-4-18(20(29)14-30)23(32)28(2)17-6-7-17/h5,8,10-12,14,17H,3-4,6-7,9,13H2,1-2H3,(H,25,27,31). The van der Waals surface area contributed by atoms with Gasteiger partial charge in [0.2, 0.25) is 5.91 Å². The number of aromatic nitrogens is 3. The third kappa shape index (κ3) is 4.82. The Morgan fingerprint density at radius 2 is 2.06 bits per heavy atom. The van der Waals surface area contributed by atoms with E-state index in [2.05, 4.69) is 20.3 Å². The average Bonchev–Trinajstić information content (AvgIpc) is 3.64. The van der Waals surface area contributed by atoms with E-state index in [-0.39, 0.29) is 24.4 Å². The van der Waals surface area contributed by atoms with Crippen molar-refractivity contribution in [3.8, 4) is 11.3 Å². The summed E-state index contributed by atoms with van der Waals surface area (Å²) in [7, 11) is 1.78. The summed E-state index contributed by atoms with van der Waals surface area (Å²) in [5.41, 5.74) is 3.12. The zero-order chi connectivity index (χ0) is 22.7. The molecule has 1 fully saturated rings. The smallest absolute Gasteiger partial charge is 0.251 e. The molecular weight excluding hydrogens is 408 g/mol. The minimum absolute atomic E-state index is 0.0230. The fourth-order valence-electron chi connectivity index (χ4n) is 3.83. The van der Waals surface area contributed by atoms with Crippen LogP contribution in [0.3, 0.4) is 0 Å². The second-order valence-corrected chi connectivity index (χ2v) is 8.18. The number of aldehydes is 1. The van der Waals surface area contributed by atoms with Gasteiger partial charge in [-0.05, 0) is 44.7 Å². The number of hydrogen-bond donors (Lipinski definition) is 1. The maximum atomic E-state index is 12.8. The molecule has 2 aromatic rings. The third-order valence-electron chi connectivity index (χ3n) is 5.71. The van der Waals surface area contributed by atoms with E-state index >= 15 is 0 Å². The van der Waals surface area contributed by atoms with Crippen molar-refractivity contribution in [2.45, 2.75) is 38.6 Å². The number of rotatable bonds is 7. The quantitative estimate of drug-likeness (QED) is 0.664. The van der Waals surface area contributed by atoms with Crippen LogP contribution in [0.1, 0.15) is 31.4 Å². The molecule has 0 spiro atoms. The number of pyridine rings is 1. The second-order valence-electron chi connectivity index (χ2n) is 8.18. The number of anilines is 1. The van der Waals surface area contributed by atoms with Crippen LogP contribution in [0.25, 0.3) is 11.3 Å². The second kappa shape index (κ2) is 9.25. The molecule has 0 atom stereocenters. The molecule has 166 valence electrons. The Morgan fingerprint density at radius 3 is 2.72 bits per heavy atom. The lowest BCUT2D eigenvalue weighted by molar-refractivity contribution is -0.127. The predicted octanol–water partition coefficient (Wildman–Crippen LogP) is 1.96. The Hall–Kier alpha value is -3.62. The molecule has 0 unspecified atom stereocenters. The van der Waals surface area contributed by atoms with Crippen LogP contribution in [0.4, 0.5) is 5.82 Å². The van der Waals surface area contributed by atoms with Gasteiger partial charge in [-0.2, -0.15) is 0 Å². The Labute approximate surface area is 186 Å². The summed E-state index contributed by atoms with van der Waals surface area (Å²) in [5, 5.41) is 2.76. The van der Waals surface area contributed by atoms with Crippen LogP contribution in [-0.4, -0.2) is 69.0 Å². The molecule has 9 nitrogen and oxygen atoms in total. The molecule has 2 amide bonds. The van der Waals surface area contributed by atoms with Gasteiger partial charge in [-0.1, -0.05) is 0 Å². The Kier molecular flexibility index (Phi) is 6.25. The van der Waals surface area contributed by atoms with E-state index in [0.29, 0.717) is 48.5 Å². The lowest BCUT2D eigenvalue weighted by atomic mass is 10.0. The van der Waals surface area contributed by atoms with Crippen molar-refractivity contribution in [3.63, 3.8) is 0 Å². The van der Waals surface area contributed by atoms with Gasteiger partial charge in [0.1, 0.15) is 5.82 Å². The van der Waals surface area contributed by atoms with Crippen LogP contribution in [0.5, 0.6) is 0 Å². The lowest BCUT2D eigenvalue weighted by Gasteiger charge is -2.31. The molecule has 4 rings (SSSR count). The van der Waals surface area contributed by atoms with Crippen molar-refractivity contribution < 1.29 is 14.4 Å². The molecule has 0 radical (unpaired) electrons. The van der Waals surface area contributed by atoms with Gasteiger partial charge in [0.15, 0.2) is 6.29 Å². The van der Waals surface area contributed by atoms with Crippen molar-refractivity contribution in [1.29, 1.82) is 0 Å². The van der Waals surface area contributed by atoms with Gasteiger partial charge in [-0.15, -0.1) is 0 Å². The number of nitrogens with one attached hydrogen (secondary N) is 1. The molecule has 32 heavy (non-hydrogen) atoms. The van der Waals surface area contributed by atoms with Crippen molar-refractivity contribution in [3.05, 3.63) is 47.7 Å². The number of hydrogen-bond acceptors (Lipinski definition) is 7. The molecule has 0 aromatic carbocycles. The Morgan fingerprint density at radius 1 is 1.25 bits per heavy atom. The molecule has 2 aliphatic rings. The minimum atomic E-state index is -0.302. The highest BCUT2D eigenvalue weighted by molar-refractivity contribution is 6.00. The molecule has 3 heterocycles. The van der Waals surface area contributed by atoms with Crippen molar-refractivity contribution in [1.82, 2.24) is 24.8 Å². The predicted molar refractivity (Wildman–Crippen MR) is 118 cm³/mol. The van der Waals surface area contributed by atoms with E-state index in [1.54, 1.807) is 41.5 Å². The maximum absolute atomic E-state index is 12.8. The number of nitrogens with zero attached hydrogens (tertiary/aromatic N) is 5. The SMILES string of the molecule is Cc1cncc(-c2ccc(NC(=O)CN3CCCC(C(=O)N(C)C4CC4)=C3C=O)nc2)n1. The Balaban J connectivity index is 1.42. The number of carbonyl (C=O) groups excluding carboxylic acids is 3. The van der Waals surface area contributed by atoms with Gasteiger partial charge >= 0.3 is 0 Å². The van der Waals surface area contributed by atoms with Crippen LogP contribution in [0.15, 0.2) is 42.0 Å². The van der Waals surface area contributed by atoms with Gasteiger partial charge in [-0.25, -0.2) is 9.97 Å². The van der Waals surface area contributed by atoms with Crippen molar-refractivity contribution >= 4 is 23.9 Å². The van der Waals surface area contributed by atoms with Crippen LogP contribution < -0.4 is 5.32 Å². The van der Waals surface area contributed by atoms with Crippen LogP contribution in [-0.2, 0) is 14.4 Å². The summed E-state index contributed by atoms with van der Waals surface area (Å²) >= 11 is 0. The summed E-state index contributed by atoms with van der Waals surface area (Å²) in [6.07, 6.45) is 8.92. The largest absolute Gasteiger partial charge is 0.359 e. The van der Waals surface area contributed by atoms with E-state index in [9.17, 15) is 14.4 Å². The van der Waals surface area contributed by atoms with Crippen molar-refractivity contribution in [2.75, 3.05) is 25.5 Å². The number of allylic oxidation sites excluding steroid dienone is 1. The molecule has 1 aliphatic heterocycles. The van der Waals surface area contributed by atoms with Crippen LogP contribution in [0, 0.1) is 6.92 Å². The van der Waals surface area contributed by atoms with E-state index in [1.807, 2.05) is 13.0 Å². The highest BCUT2D eigenvalue weighted by Crippen LogP contribution is 2.29. The topological polar surface area (TPSA) is 108 Å². The molecule has 0 bridgehead atoms. The van der Waals surface area contributed by atoms with Gasteiger partial charge in [-0.3, -0.25) is 19.4 Å². The zero-order valence-electron chi connectivity index (χ0n) is 18.2. The molecule has 0 saturated heterocycles. The summed E-state index contributed by atoms with van der Waals surface area (Å²) in [6.45, 7) is 2.39. The minimum Gasteiger partial charge on any atom is -0.359 e.